The van der Waals surface area contributed by atoms with Crippen LogP contribution in [0, 0.1) is 0 Å². The van der Waals surface area contributed by atoms with Crippen molar-refractivity contribution in [2.24, 2.45) is 0 Å². The number of amides is 1. The van der Waals surface area contributed by atoms with Crippen LogP contribution < -0.4 is 0 Å². The number of hydrogen-bond acceptors (Lipinski definition) is 3. The van der Waals surface area contributed by atoms with Gasteiger partial charge in [0, 0.05) is 26.0 Å². The summed E-state index contributed by atoms with van der Waals surface area (Å²) in [5.74, 6) is -0.524. The van der Waals surface area contributed by atoms with E-state index in [4.69, 9.17) is 0 Å². The van der Waals surface area contributed by atoms with Gasteiger partial charge in [-0.2, -0.15) is 0 Å². The fourth-order valence-corrected chi connectivity index (χ4v) is 0.933. The Hall–Kier alpha value is -1.71. The summed E-state index contributed by atoms with van der Waals surface area (Å²) in [6, 6.07) is 3.64. The Morgan fingerprint density at radius 3 is 3.00 bits per heavy atom. The van der Waals surface area contributed by atoms with E-state index in [1.165, 1.54) is 4.90 Å². The molecule has 4 nitrogen and oxygen atoms in total. The minimum Gasteiger partial charge on any atom is -0.335 e. The molecule has 0 bridgehead atoms. The number of pyridine rings is 1. The zero-order valence-electron chi connectivity index (χ0n) is 7.30. The second-order valence-electron chi connectivity index (χ2n) is 2.67. The highest BCUT2D eigenvalue weighted by Crippen LogP contribution is 1.99. The zero-order chi connectivity index (χ0) is 9.68. The second-order valence-corrected chi connectivity index (χ2v) is 2.67. The first-order chi connectivity index (χ1) is 6.24. The van der Waals surface area contributed by atoms with Crippen molar-refractivity contribution in [3.05, 3.63) is 30.1 Å². The molecule has 0 spiro atoms. The predicted molar refractivity (Wildman–Crippen MR) is 46.8 cm³/mol. The summed E-state index contributed by atoms with van der Waals surface area (Å²) < 4.78 is 0. The molecular weight excluding hydrogens is 168 g/mol. The smallest absolute Gasteiger partial charge is 0.286 e. The molecule has 1 amide bonds. The summed E-state index contributed by atoms with van der Waals surface area (Å²) in [5, 5.41) is 0. The summed E-state index contributed by atoms with van der Waals surface area (Å²) in [6.07, 6.45) is 3.62. The van der Waals surface area contributed by atoms with Crippen LogP contribution in [0.15, 0.2) is 24.5 Å². The Morgan fingerprint density at radius 2 is 2.46 bits per heavy atom. The van der Waals surface area contributed by atoms with Crippen molar-refractivity contribution in [1.82, 2.24) is 9.88 Å². The monoisotopic (exact) mass is 178 g/mol. The van der Waals surface area contributed by atoms with Crippen molar-refractivity contribution in [1.29, 1.82) is 0 Å². The summed E-state index contributed by atoms with van der Waals surface area (Å²) in [5.41, 5.74) is 0.903. The number of carbonyl (C=O) groups is 2. The van der Waals surface area contributed by atoms with Gasteiger partial charge in [0.05, 0.1) is 0 Å². The molecule has 1 aromatic heterocycles. The Balaban J connectivity index is 2.60. The lowest BCUT2D eigenvalue weighted by Crippen LogP contribution is -2.26. The molecule has 0 saturated heterocycles. The number of aldehydes is 1. The average Bonchev–Trinajstić information content (AvgIpc) is 2.18. The molecule has 0 atom stereocenters. The molecule has 1 heterocycles. The van der Waals surface area contributed by atoms with Crippen LogP contribution in [0.5, 0.6) is 0 Å². The van der Waals surface area contributed by atoms with Gasteiger partial charge in [-0.15, -0.1) is 0 Å². The Labute approximate surface area is 76.2 Å². The Morgan fingerprint density at radius 1 is 1.69 bits per heavy atom. The van der Waals surface area contributed by atoms with Gasteiger partial charge in [-0.3, -0.25) is 14.6 Å². The molecule has 0 aliphatic rings. The van der Waals surface area contributed by atoms with Crippen LogP contribution in [0.25, 0.3) is 0 Å². The number of likely N-dealkylation sites (N-methyl/N-ethyl adjacent to an activating group) is 1. The minimum atomic E-state index is -0.524. The maximum absolute atomic E-state index is 10.9. The Kier molecular flexibility index (Phi) is 3.14. The van der Waals surface area contributed by atoms with E-state index in [0.29, 0.717) is 12.8 Å². The van der Waals surface area contributed by atoms with Gasteiger partial charge in [0.2, 0.25) is 6.29 Å². The van der Waals surface area contributed by atoms with Crippen LogP contribution in [-0.2, 0) is 16.1 Å². The van der Waals surface area contributed by atoms with Gasteiger partial charge >= 0.3 is 0 Å². The van der Waals surface area contributed by atoms with Crippen LogP contribution in [0.3, 0.4) is 0 Å². The molecule has 0 aliphatic carbocycles. The lowest BCUT2D eigenvalue weighted by Gasteiger charge is -2.12. The first-order valence-electron chi connectivity index (χ1n) is 3.83. The van der Waals surface area contributed by atoms with E-state index in [0.717, 1.165) is 5.56 Å². The minimum absolute atomic E-state index is 0.302. The molecule has 0 saturated carbocycles. The van der Waals surface area contributed by atoms with Crippen LogP contribution in [0.1, 0.15) is 5.56 Å². The summed E-state index contributed by atoms with van der Waals surface area (Å²) in [7, 11) is 1.57. The average molecular weight is 178 g/mol. The number of hydrogen-bond donors (Lipinski definition) is 0. The molecule has 0 aliphatic heterocycles. The van der Waals surface area contributed by atoms with Crippen LogP contribution in [-0.4, -0.2) is 29.1 Å². The first-order valence-corrected chi connectivity index (χ1v) is 3.83. The number of carbonyl (C=O) groups excluding carboxylic acids is 2. The molecule has 1 aromatic rings. The van der Waals surface area contributed by atoms with E-state index in [1.54, 1.807) is 25.5 Å². The highest BCUT2D eigenvalue weighted by Gasteiger charge is 2.06. The Bertz CT molecular complexity index is 298. The zero-order valence-corrected chi connectivity index (χ0v) is 7.30. The molecule has 68 valence electrons. The van der Waals surface area contributed by atoms with Gasteiger partial charge in [0.1, 0.15) is 0 Å². The standard InChI is InChI=1S/C9H10N2O2/c1-11(9(13)7-12)6-8-3-2-4-10-5-8/h2-5,7H,6H2,1H3. The van der Waals surface area contributed by atoms with Gasteiger partial charge in [0.25, 0.3) is 5.91 Å². The van der Waals surface area contributed by atoms with Gasteiger partial charge in [0.15, 0.2) is 0 Å². The van der Waals surface area contributed by atoms with Crippen LogP contribution in [0.4, 0.5) is 0 Å². The molecule has 13 heavy (non-hydrogen) atoms. The van der Waals surface area contributed by atoms with Gasteiger partial charge in [-0.25, -0.2) is 0 Å². The third kappa shape index (κ3) is 2.66. The van der Waals surface area contributed by atoms with E-state index in [9.17, 15) is 9.59 Å². The third-order valence-corrected chi connectivity index (χ3v) is 1.62. The molecular formula is C9H10N2O2. The maximum atomic E-state index is 10.9. The molecule has 4 heteroatoms. The quantitative estimate of drug-likeness (QED) is 0.492. The molecule has 0 fully saturated rings. The topological polar surface area (TPSA) is 50.3 Å². The van der Waals surface area contributed by atoms with Gasteiger partial charge < -0.3 is 4.90 Å². The lowest BCUT2D eigenvalue weighted by molar-refractivity contribution is -0.138. The fourth-order valence-electron chi connectivity index (χ4n) is 0.933. The van der Waals surface area contributed by atoms with Crippen molar-refractivity contribution >= 4 is 12.2 Å². The molecule has 1 rings (SSSR count). The lowest BCUT2D eigenvalue weighted by atomic mass is 10.3. The summed E-state index contributed by atoms with van der Waals surface area (Å²) in [4.78, 5) is 26.2. The SMILES string of the molecule is CN(Cc1cccnc1)C(=O)C=O. The van der Waals surface area contributed by atoms with E-state index in [1.807, 2.05) is 6.07 Å². The highest BCUT2D eigenvalue weighted by molar-refractivity contribution is 6.23. The second kappa shape index (κ2) is 4.35. The number of rotatable bonds is 3. The van der Waals surface area contributed by atoms with Crippen molar-refractivity contribution in [3.63, 3.8) is 0 Å². The van der Waals surface area contributed by atoms with E-state index in [-0.39, 0.29) is 0 Å². The summed E-state index contributed by atoms with van der Waals surface area (Å²) >= 11 is 0. The van der Waals surface area contributed by atoms with E-state index >= 15 is 0 Å². The molecule has 0 radical (unpaired) electrons. The normalized spacial score (nSPS) is 9.31. The van der Waals surface area contributed by atoms with Gasteiger partial charge in [-0.05, 0) is 11.6 Å². The largest absolute Gasteiger partial charge is 0.335 e. The van der Waals surface area contributed by atoms with Crippen LogP contribution >= 0.6 is 0 Å². The predicted octanol–water partition coefficient (Wildman–Crippen LogP) is 0.239. The van der Waals surface area contributed by atoms with E-state index < -0.39 is 5.91 Å². The van der Waals surface area contributed by atoms with Crippen LogP contribution in [0.2, 0.25) is 0 Å². The van der Waals surface area contributed by atoms with Crippen molar-refractivity contribution in [3.8, 4) is 0 Å². The van der Waals surface area contributed by atoms with Crippen molar-refractivity contribution < 1.29 is 9.59 Å². The molecule has 0 aromatic carbocycles. The number of nitrogens with zero attached hydrogens (tertiary/aromatic N) is 2. The molecule has 0 unspecified atom stereocenters. The van der Waals surface area contributed by atoms with Crippen molar-refractivity contribution in [2.45, 2.75) is 6.54 Å². The highest BCUT2D eigenvalue weighted by atomic mass is 16.2. The summed E-state index contributed by atoms with van der Waals surface area (Å²) in [6.45, 7) is 0.408. The maximum Gasteiger partial charge on any atom is 0.286 e. The van der Waals surface area contributed by atoms with Crippen molar-refractivity contribution in [2.75, 3.05) is 7.05 Å². The first kappa shape index (κ1) is 9.38. The third-order valence-electron chi connectivity index (χ3n) is 1.62. The van der Waals surface area contributed by atoms with E-state index in [2.05, 4.69) is 4.98 Å². The fraction of sp³-hybridized carbons (Fsp3) is 0.222. The van der Waals surface area contributed by atoms with Gasteiger partial charge in [-0.1, -0.05) is 6.07 Å². The molecule has 0 N–H and O–H groups in total. The number of aromatic nitrogens is 1.